The summed E-state index contributed by atoms with van der Waals surface area (Å²) in [4.78, 5) is 10.6. The summed E-state index contributed by atoms with van der Waals surface area (Å²) in [5, 5.41) is 5.77. The summed E-state index contributed by atoms with van der Waals surface area (Å²) < 4.78 is 0. The second-order valence-corrected chi connectivity index (χ2v) is 2.86. The number of amides is 1. The van der Waals surface area contributed by atoms with Crippen LogP contribution in [0.3, 0.4) is 0 Å². The zero-order valence-electron chi connectivity index (χ0n) is 7.92. The summed E-state index contributed by atoms with van der Waals surface area (Å²) in [5.74, 6) is -0.00214. The first-order chi connectivity index (χ1) is 6.22. The Morgan fingerprint density at radius 3 is 2.29 bits per heavy atom. The molecule has 0 saturated carbocycles. The molecule has 3 nitrogen and oxygen atoms in total. The van der Waals surface area contributed by atoms with E-state index in [1.807, 2.05) is 31.3 Å². The predicted molar refractivity (Wildman–Crippen MR) is 60.2 cm³/mol. The standard InChI is InChI=1S/C10H14N2O.CH4/c1-8(13)12-7-9-3-5-10(11-2)6-4-9;/h3-6,11H,7H2,1-2H3,(H,12,13);1H4. The lowest BCUT2D eigenvalue weighted by Gasteiger charge is -2.03. The van der Waals surface area contributed by atoms with Gasteiger partial charge < -0.3 is 10.6 Å². The second-order valence-electron chi connectivity index (χ2n) is 2.86. The Morgan fingerprint density at radius 1 is 1.29 bits per heavy atom. The first-order valence-electron chi connectivity index (χ1n) is 4.23. The van der Waals surface area contributed by atoms with Crippen LogP contribution in [0, 0.1) is 0 Å². The van der Waals surface area contributed by atoms with Crippen molar-refractivity contribution in [1.29, 1.82) is 0 Å². The van der Waals surface area contributed by atoms with Crippen LogP contribution in [-0.4, -0.2) is 13.0 Å². The first-order valence-corrected chi connectivity index (χ1v) is 4.23. The average Bonchev–Trinajstić information content (AvgIpc) is 2.15. The normalized spacial score (nSPS) is 8.71. The van der Waals surface area contributed by atoms with E-state index >= 15 is 0 Å². The van der Waals surface area contributed by atoms with Crippen molar-refractivity contribution in [1.82, 2.24) is 5.32 Å². The number of benzene rings is 1. The van der Waals surface area contributed by atoms with Crippen molar-refractivity contribution in [2.45, 2.75) is 20.9 Å². The van der Waals surface area contributed by atoms with Crippen LogP contribution in [0.1, 0.15) is 19.9 Å². The lowest BCUT2D eigenvalue weighted by atomic mass is 10.2. The number of hydrogen-bond donors (Lipinski definition) is 2. The summed E-state index contributed by atoms with van der Waals surface area (Å²) in [6, 6.07) is 7.94. The molecule has 2 N–H and O–H groups in total. The summed E-state index contributed by atoms with van der Waals surface area (Å²) >= 11 is 0. The molecule has 1 rings (SSSR count). The van der Waals surface area contributed by atoms with Gasteiger partial charge in [-0.3, -0.25) is 4.79 Å². The van der Waals surface area contributed by atoms with Crippen molar-refractivity contribution in [3.63, 3.8) is 0 Å². The maximum Gasteiger partial charge on any atom is 0.217 e. The van der Waals surface area contributed by atoms with Gasteiger partial charge in [-0.15, -0.1) is 0 Å². The maximum atomic E-state index is 10.6. The van der Waals surface area contributed by atoms with Crippen molar-refractivity contribution in [3.05, 3.63) is 29.8 Å². The molecule has 3 heteroatoms. The molecule has 0 aromatic heterocycles. The van der Waals surface area contributed by atoms with Crippen LogP contribution in [0.2, 0.25) is 0 Å². The molecule has 0 radical (unpaired) electrons. The highest BCUT2D eigenvalue weighted by molar-refractivity contribution is 5.72. The molecule has 1 aromatic rings. The Morgan fingerprint density at radius 2 is 1.86 bits per heavy atom. The van der Waals surface area contributed by atoms with Gasteiger partial charge in [-0.1, -0.05) is 19.6 Å². The van der Waals surface area contributed by atoms with Crippen LogP contribution >= 0.6 is 0 Å². The molecule has 0 aliphatic heterocycles. The molecular formula is C11H18N2O. The van der Waals surface area contributed by atoms with Crippen LogP contribution < -0.4 is 10.6 Å². The van der Waals surface area contributed by atoms with Crippen molar-refractivity contribution >= 4 is 11.6 Å². The lowest BCUT2D eigenvalue weighted by Crippen LogP contribution is -2.18. The number of anilines is 1. The lowest BCUT2D eigenvalue weighted by molar-refractivity contribution is -0.119. The molecule has 14 heavy (non-hydrogen) atoms. The van der Waals surface area contributed by atoms with E-state index < -0.39 is 0 Å². The summed E-state index contributed by atoms with van der Waals surface area (Å²) in [5.41, 5.74) is 2.18. The Hall–Kier alpha value is -1.51. The fourth-order valence-corrected chi connectivity index (χ4v) is 1.02. The number of hydrogen-bond acceptors (Lipinski definition) is 2. The highest BCUT2D eigenvalue weighted by atomic mass is 16.1. The third kappa shape index (κ3) is 3.94. The van der Waals surface area contributed by atoms with Gasteiger partial charge in [-0.05, 0) is 17.7 Å². The third-order valence-corrected chi connectivity index (χ3v) is 1.78. The molecule has 0 spiro atoms. The highest BCUT2D eigenvalue weighted by Crippen LogP contribution is 2.07. The van der Waals surface area contributed by atoms with Crippen LogP contribution in [-0.2, 0) is 11.3 Å². The van der Waals surface area contributed by atoms with E-state index in [-0.39, 0.29) is 13.3 Å². The second kappa shape index (κ2) is 6.02. The van der Waals surface area contributed by atoms with Crippen LogP contribution in [0.4, 0.5) is 5.69 Å². The van der Waals surface area contributed by atoms with E-state index in [0.29, 0.717) is 6.54 Å². The van der Waals surface area contributed by atoms with Crippen LogP contribution in [0.25, 0.3) is 0 Å². The summed E-state index contributed by atoms with van der Waals surface area (Å²) in [6.45, 7) is 2.11. The zero-order valence-corrected chi connectivity index (χ0v) is 7.92. The van der Waals surface area contributed by atoms with Crippen molar-refractivity contribution < 1.29 is 4.79 Å². The molecule has 0 heterocycles. The Bertz CT molecular complexity index is 280. The molecule has 0 bridgehead atoms. The van der Waals surface area contributed by atoms with Gasteiger partial charge in [0.2, 0.25) is 5.91 Å². The SMILES string of the molecule is C.CNc1ccc(CNC(C)=O)cc1. The minimum absolute atomic E-state index is 0. The van der Waals surface area contributed by atoms with Gasteiger partial charge >= 0.3 is 0 Å². The molecule has 1 amide bonds. The molecule has 0 saturated heterocycles. The maximum absolute atomic E-state index is 10.6. The Balaban J connectivity index is 0.00000169. The number of carbonyl (C=O) groups is 1. The van der Waals surface area contributed by atoms with E-state index in [1.165, 1.54) is 6.92 Å². The topological polar surface area (TPSA) is 41.1 Å². The first kappa shape index (κ1) is 12.5. The smallest absolute Gasteiger partial charge is 0.217 e. The Kier molecular flexibility index (Phi) is 5.37. The molecule has 0 atom stereocenters. The molecule has 0 fully saturated rings. The van der Waals surface area contributed by atoms with Gasteiger partial charge in [0.05, 0.1) is 0 Å². The monoisotopic (exact) mass is 194 g/mol. The fourth-order valence-electron chi connectivity index (χ4n) is 1.02. The van der Waals surface area contributed by atoms with Gasteiger partial charge in [0.25, 0.3) is 0 Å². The molecular weight excluding hydrogens is 176 g/mol. The predicted octanol–water partition coefficient (Wildman–Crippen LogP) is 2.00. The quantitative estimate of drug-likeness (QED) is 0.772. The number of nitrogens with one attached hydrogen (secondary N) is 2. The molecule has 0 unspecified atom stereocenters. The average molecular weight is 194 g/mol. The number of rotatable bonds is 3. The van der Waals surface area contributed by atoms with Crippen molar-refractivity contribution in [2.75, 3.05) is 12.4 Å². The largest absolute Gasteiger partial charge is 0.388 e. The van der Waals surface area contributed by atoms with E-state index in [1.54, 1.807) is 0 Å². The van der Waals surface area contributed by atoms with E-state index in [9.17, 15) is 4.79 Å². The van der Waals surface area contributed by atoms with E-state index in [4.69, 9.17) is 0 Å². The minimum Gasteiger partial charge on any atom is -0.388 e. The fraction of sp³-hybridized carbons (Fsp3) is 0.364. The summed E-state index contributed by atoms with van der Waals surface area (Å²) in [7, 11) is 1.88. The molecule has 0 aliphatic rings. The van der Waals surface area contributed by atoms with Crippen molar-refractivity contribution in [2.24, 2.45) is 0 Å². The van der Waals surface area contributed by atoms with Gasteiger partial charge in [-0.25, -0.2) is 0 Å². The zero-order chi connectivity index (χ0) is 9.68. The van der Waals surface area contributed by atoms with Gasteiger partial charge in [0, 0.05) is 26.2 Å². The highest BCUT2D eigenvalue weighted by Gasteiger charge is 1.94. The molecule has 78 valence electrons. The number of carbonyl (C=O) groups excluding carboxylic acids is 1. The Labute approximate surface area is 85.5 Å². The molecule has 0 aliphatic carbocycles. The van der Waals surface area contributed by atoms with Crippen LogP contribution in [0.15, 0.2) is 24.3 Å². The minimum atomic E-state index is -0.00214. The van der Waals surface area contributed by atoms with Gasteiger partial charge in [0.15, 0.2) is 0 Å². The summed E-state index contributed by atoms with van der Waals surface area (Å²) in [6.07, 6.45) is 0. The van der Waals surface area contributed by atoms with Gasteiger partial charge in [0.1, 0.15) is 0 Å². The van der Waals surface area contributed by atoms with Crippen LogP contribution in [0.5, 0.6) is 0 Å². The third-order valence-electron chi connectivity index (χ3n) is 1.78. The van der Waals surface area contributed by atoms with Crippen molar-refractivity contribution in [3.8, 4) is 0 Å². The van der Waals surface area contributed by atoms with Gasteiger partial charge in [-0.2, -0.15) is 0 Å². The van der Waals surface area contributed by atoms with E-state index in [2.05, 4.69) is 10.6 Å². The van der Waals surface area contributed by atoms with E-state index in [0.717, 1.165) is 11.3 Å². The molecule has 1 aromatic carbocycles.